The van der Waals surface area contributed by atoms with Crippen LogP contribution in [0.4, 0.5) is 5.82 Å². The smallest absolute Gasteiger partial charge is 0.282 e. The molecule has 4 rings (SSSR count). The largest absolute Gasteiger partial charge is 0.308 e. The number of aromatic amines is 1. The van der Waals surface area contributed by atoms with Crippen LogP contribution in [0.25, 0.3) is 11.2 Å². The van der Waals surface area contributed by atoms with Crippen LogP contribution in [0, 0.1) is 6.92 Å². The fourth-order valence-corrected chi connectivity index (χ4v) is 3.73. The molecule has 9 nitrogen and oxygen atoms in total. The highest BCUT2D eigenvalue weighted by atomic mass is 32.2. The molecule has 0 bridgehead atoms. The number of hydrogen-bond acceptors (Lipinski definition) is 7. The molecule has 0 radical (unpaired) electrons. The maximum atomic E-state index is 13.0. The number of fused-ring (bicyclic) bond motifs is 1. The molecule has 10 heteroatoms. The summed E-state index contributed by atoms with van der Waals surface area (Å²) >= 11 is 1.18. The van der Waals surface area contributed by atoms with Crippen molar-refractivity contribution in [2.24, 2.45) is 0 Å². The second kappa shape index (κ2) is 8.87. The monoisotopic (exact) mass is 421 g/mol. The fourth-order valence-electron chi connectivity index (χ4n) is 2.91. The van der Waals surface area contributed by atoms with Crippen LogP contribution in [0.2, 0.25) is 0 Å². The lowest BCUT2D eigenvalue weighted by Crippen LogP contribution is -2.26. The third-order valence-electron chi connectivity index (χ3n) is 4.33. The number of amides is 1. The lowest BCUT2D eigenvalue weighted by Gasteiger charge is -2.12. The Hall–Kier alpha value is -3.53. The molecule has 30 heavy (non-hydrogen) atoms. The molecule has 0 aliphatic rings. The van der Waals surface area contributed by atoms with Crippen LogP contribution >= 0.6 is 11.8 Å². The summed E-state index contributed by atoms with van der Waals surface area (Å²) in [6, 6.07) is 11.6. The summed E-state index contributed by atoms with van der Waals surface area (Å²) in [6.45, 7) is 2.27. The average molecular weight is 421 g/mol. The van der Waals surface area contributed by atoms with Crippen molar-refractivity contribution in [3.05, 3.63) is 70.4 Å². The van der Waals surface area contributed by atoms with Crippen LogP contribution in [0.5, 0.6) is 0 Å². The topological polar surface area (TPSA) is 118 Å². The van der Waals surface area contributed by atoms with Crippen molar-refractivity contribution in [1.82, 2.24) is 29.7 Å². The zero-order valence-corrected chi connectivity index (χ0v) is 17.0. The third kappa shape index (κ3) is 4.54. The summed E-state index contributed by atoms with van der Waals surface area (Å²) in [5.41, 5.74) is 2.17. The van der Waals surface area contributed by atoms with E-state index in [1.807, 2.05) is 37.3 Å². The van der Waals surface area contributed by atoms with Crippen molar-refractivity contribution >= 4 is 34.7 Å². The Labute approximate surface area is 176 Å². The van der Waals surface area contributed by atoms with Gasteiger partial charge in [0, 0.05) is 30.7 Å². The van der Waals surface area contributed by atoms with E-state index in [0.29, 0.717) is 23.9 Å². The number of benzene rings is 1. The molecule has 2 N–H and O–H groups in total. The molecule has 0 atom stereocenters. The lowest BCUT2D eigenvalue weighted by molar-refractivity contribution is -0.113. The van der Waals surface area contributed by atoms with Gasteiger partial charge in [-0.25, -0.2) is 15.0 Å². The molecule has 4 aromatic rings. The van der Waals surface area contributed by atoms with Gasteiger partial charge in [-0.15, -0.1) is 0 Å². The molecule has 1 amide bonds. The van der Waals surface area contributed by atoms with E-state index in [1.165, 1.54) is 24.2 Å². The molecule has 1 aromatic carbocycles. The summed E-state index contributed by atoms with van der Waals surface area (Å²) in [6.07, 6.45) is 3.61. The molecule has 152 valence electrons. The highest BCUT2D eigenvalue weighted by molar-refractivity contribution is 7.99. The van der Waals surface area contributed by atoms with E-state index >= 15 is 0 Å². The molecular weight excluding hydrogens is 402 g/mol. The van der Waals surface area contributed by atoms with E-state index in [2.05, 4.69) is 30.5 Å². The molecule has 0 unspecified atom stereocenters. The first-order chi connectivity index (χ1) is 14.6. The van der Waals surface area contributed by atoms with Crippen LogP contribution in [0.3, 0.4) is 0 Å². The molecular formula is C20H19N7O2S. The van der Waals surface area contributed by atoms with Gasteiger partial charge < -0.3 is 5.32 Å². The summed E-state index contributed by atoms with van der Waals surface area (Å²) in [5.74, 6) is 0.293. The number of nitrogens with one attached hydrogen (secondary N) is 2. The van der Waals surface area contributed by atoms with Gasteiger partial charge >= 0.3 is 0 Å². The van der Waals surface area contributed by atoms with E-state index in [1.54, 1.807) is 10.6 Å². The van der Waals surface area contributed by atoms with Gasteiger partial charge in [0.15, 0.2) is 22.1 Å². The lowest BCUT2D eigenvalue weighted by atomic mass is 10.1. The highest BCUT2D eigenvalue weighted by Crippen LogP contribution is 2.17. The summed E-state index contributed by atoms with van der Waals surface area (Å²) < 4.78 is 1.56. The van der Waals surface area contributed by atoms with Gasteiger partial charge in [-0.2, -0.15) is 5.10 Å². The number of H-pyrrole nitrogens is 1. The second-order valence-electron chi connectivity index (χ2n) is 6.59. The Morgan fingerprint density at radius 3 is 2.77 bits per heavy atom. The van der Waals surface area contributed by atoms with Crippen molar-refractivity contribution in [2.75, 3.05) is 11.1 Å². The van der Waals surface area contributed by atoms with E-state index in [4.69, 9.17) is 0 Å². The summed E-state index contributed by atoms with van der Waals surface area (Å²) in [4.78, 5) is 38.1. The molecule has 3 heterocycles. The first kappa shape index (κ1) is 19.8. The predicted molar refractivity (Wildman–Crippen MR) is 114 cm³/mol. The molecule has 0 aliphatic carbocycles. The van der Waals surface area contributed by atoms with Crippen LogP contribution in [0.15, 0.2) is 58.7 Å². The number of rotatable bonds is 7. The minimum absolute atomic E-state index is 0.0788. The Morgan fingerprint density at radius 1 is 1.20 bits per heavy atom. The number of thioether (sulfide) groups is 1. The van der Waals surface area contributed by atoms with Crippen molar-refractivity contribution in [1.29, 1.82) is 0 Å². The van der Waals surface area contributed by atoms with Crippen LogP contribution in [-0.4, -0.2) is 41.4 Å². The fraction of sp³-hybridized carbons (Fsp3) is 0.200. The van der Waals surface area contributed by atoms with E-state index < -0.39 is 0 Å². The van der Waals surface area contributed by atoms with Gasteiger partial charge in [0.2, 0.25) is 5.91 Å². The van der Waals surface area contributed by atoms with Gasteiger partial charge in [0.1, 0.15) is 0 Å². The van der Waals surface area contributed by atoms with Crippen molar-refractivity contribution in [3.63, 3.8) is 0 Å². The zero-order valence-electron chi connectivity index (χ0n) is 16.2. The average Bonchev–Trinajstić information content (AvgIpc) is 3.17. The quantitative estimate of drug-likeness (QED) is 0.347. The van der Waals surface area contributed by atoms with Gasteiger partial charge in [-0.05, 0) is 18.9 Å². The van der Waals surface area contributed by atoms with Crippen LogP contribution in [0.1, 0.15) is 11.3 Å². The van der Waals surface area contributed by atoms with Crippen molar-refractivity contribution in [3.8, 4) is 0 Å². The summed E-state index contributed by atoms with van der Waals surface area (Å²) in [5, 5.41) is 9.91. The molecule has 0 fully saturated rings. The number of anilines is 1. The number of hydrogen-bond donors (Lipinski definition) is 2. The molecule has 0 saturated heterocycles. The highest BCUT2D eigenvalue weighted by Gasteiger charge is 2.15. The predicted octanol–water partition coefficient (Wildman–Crippen LogP) is 2.19. The Kier molecular flexibility index (Phi) is 5.84. The SMILES string of the molecule is Cc1cc(NC(=O)CSc2nc3nccnc3c(=O)n2CCc2ccccc2)n[nH]1. The third-order valence-corrected chi connectivity index (χ3v) is 5.31. The Morgan fingerprint density at radius 2 is 2.00 bits per heavy atom. The minimum Gasteiger partial charge on any atom is -0.308 e. The number of carbonyl (C=O) groups excluding carboxylic acids is 1. The van der Waals surface area contributed by atoms with Gasteiger partial charge in [-0.1, -0.05) is 42.1 Å². The number of nitrogens with zero attached hydrogens (tertiary/aromatic N) is 5. The van der Waals surface area contributed by atoms with Crippen LogP contribution in [-0.2, 0) is 17.8 Å². The molecule has 0 spiro atoms. The molecule has 0 saturated carbocycles. The Bertz CT molecular complexity index is 1240. The standard InChI is InChI=1S/C20H19N7O2S/c1-13-11-15(26-25-13)23-16(28)12-30-20-24-18-17(21-8-9-22-18)19(29)27(20)10-7-14-5-3-2-4-6-14/h2-6,8-9,11H,7,10,12H2,1H3,(H2,23,25,26,28). The molecule has 3 aromatic heterocycles. The van der Waals surface area contributed by atoms with Gasteiger partial charge in [-0.3, -0.25) is 19.3 Å². The van der Waals surface area contributed by atoms with Crippen molar-refractivity contribution < 1.29 is 4.79 Å². The first-order valence-electron chi connectivity index (χ1n) is 9.30. The van der Waals surface area contributed by atoms with Crippen LogP contribution < -0.4 is 10.9 Å². The normalized spacial score (nSPS) is 11.0. The van der Waals surface area contributed by atoms with E-state index in [0.717, 1.165) is 11.3 Å². The maximum Gasteiger partial charge on any atom is 0.282 e. The van der Waals surface area contributed by atoms with Gasteiger partial charge in [0.05, 0.1) is 5.75 Å². The first-order valence-corrected chi connectivity index (χ1v) is 10.3. The number of aryl methyl sites for hydroxylation is 2. The molecule has 0 aliphatic heterocycles. The van der Waals surface area contributed by atoms with E-state index in [-0.39, 0.29) is 28.4 Å². The van der Waals surface area contributed by atoms with E-state index in [9.17, 15) is 9.59 Å². The van der Waals surface area contributed by atoms with Gasteiger partial charge in [0.25, 0.3) is 5.56 Å². The number of aromatic nitrogens is 6. The Balaban J connectivity index is 1.56. The second-order valence-corrected chi connectivity index (χ2v) is 7.53. The maximum absolute atomic E-state index is 13.0. The number of carbonyl (C=O) groups is 1. The zero-order chi connectivity index (χ0) is 20.9. The minimum atomic E-state index is -0.269. The summed E-state index contributed by atoms with van der Waals surface area (Å²) in [7, 11) is 0. The van der Waals surface area contributed by atoms with Crippen molar-refractivity contribution in [2.45, 2.75) is 25.0 Å².